The zero-order chi connectivity index (χ0) is 19.3. The number of carboxylic acid groups (broad SMARTS) is 1. The van der Waals surface area contributed by atoms with Crippen molar-refractivity contribution in [3.63, 3.8) is 0 Å². The molecule has 0 rings (SSSR count). The van der Waals surface area contributed by atoms with Crippen LogP contribution in [-0.2, 0) is 4.79 Å². The van der Waals surface area contributed by atoms with Gasteiger partial charge < -0.3 is 15.1 Å². The number of aliphatic carboxylic acids is 1. The molecule has 0 aromatic heterocycles. The lowest BCUT2D eigenvalue weighted by Crippen LogP contribution is -2.22. The van der Waals surface area contributed by atoms with Crippen LogP contribution in [-0.4, -0.2) is 47.8 Å². The lowest BCUT2D eigenvalue weighted by atomic mass is 10.0. The molecule has 0 bridgehead atoms. The van der Waals surface area contributed by atoms with E-state index in [4.69, 9.17) is 10.2 Å². The van der Waals surface area contributed by atoms with E-state index >= 15 is 0 Å². The highest BCUT2D eigenvalue weighted by atomic mass is 16.4. The number of hydrogen-bond donors (Lipinski definition) is 2. The molecule has 2 N–H and O–H groups in total. The normalized spacial score (nSPS) is 11.9. The monoisotopic (exact) mass is 359 g/mol. The number of carboxylic acids is 1. The molecule has 1 atom stereocenters. The van der Waals surface area contributed by atoms with E-state index in [9.17, 15) is 4.79 Å². The van der Waals surface area contributed by atoms with Crippen LogP contribution in [0.15, 0.2) is 0 Å². The maximum absolute atomic E-state index is 10.3. The van der Waals surface area contributed by atoms with Crippen LogP contribution in [0.5, 0.6) is 0 Å². The number of rotatable bonds is 16. The second-order valence-corrected chi connectivity index (χ2v) is 7.50. The summed E-state index contributed by atoms with van der Waals surface area (Å²) in [5.41, 5.74) is 0. The van der Waals surface area contributed by atoms with Crippen molar-refractivity contribution in [3.8, 4) is 0 Å². The topological polar surface area (TPSA) is 60.8 Å². The molecule has 0 aliphatic heterocycles. The van der Waals surface area contributed by atoms with E-state index in [0.29, 0.717) is 6.42 Å². The van der Waals surface area contributed by atoms with Crippen molar-refractivity contribution in [2.45, 2.75) is 110 Å². The molecule has 0 heterocycles. The number of aliphatic hydroxyl groups excluding tert-OH is 1. The Morgan fingerprint density at radius 3 is 1.40 bits per heavy atom. The highest BCUT2D eigenvalue weighted by Gasteiger charge is 1.97. The standard InChI is InChI=1S/C16H32O2.C5H13NO/c1-2-3-4-5-6-7-8-9-10-11-12-13-14-15-16(17)18;1-5(7)4-6(2)3/h2-15H2,1H3,(H,17,18);5,7H,4H2,1-3H3. The Hall–Kier alpha value is -0.610. The van der Waals surface area contributed by atoms with Gasteiger partial charge in [0.1, 0.15) is 0 Å². The van der Waals surface area contributed by atoms with Crippen LogP contribution in [0, 0.1) is 0 Å². The van der Waals surface area contributed by atoms with E-state index in [-0.39, 0.29) is 6.10 Å². The van der Waals surface area contributed by atoms with Crippen LogP contribution in [0.25, 0.3) is 0 Å². The Bertz CT molecular complexity index is 262. The van der Waals surface area contributed by atoms with Gasteiger partial charge in [-0.25, -0.2) is 0 Å². The van der Waals surface area contributed by atoms with Crippen LogP contribution in [0.1, 0.15) is 104 Å². The van der Waals surface area contributed by atoms with E-state index in [1.165, 1.54) is 70.6 Å². The highest BCUT2D eigenvalue weighted by molar-refractivity contribution is 5.66. The molecule has 0 aromatic rings. The van der Waals surface area contributed by atoms with E-state index in [1.54, 1.807) is 6.92 Å². The average Bonchev–Trinajstić information content (AvgIpc) is 2.51. The van der Waals surface area contributed by atoms with Crippen molar-refractivity contribution in [2.75, 3.05) is 20.6 Å². The van der Waals surface area contributed by atoms with E-state index in [2.05, 4.69) is 6.92 Å². The lowest BCUT2D eigenvalue weighted by Gasteiger charge is -2.10. The third-order valence-electron chi connectivity index (χ3n) is 4.12. The maximum Gasteiger partial charge on any atom is 0.303 e. The van der Waals surface area contributed by atoms with E-state index < -0.39 is 5.97 Å². The van der Waals surface area contributed by atoms with Gasteiger partial charge in [0.25, 0.3) is 0 Å². The summed E-state index contributed by atoms with van der Waals surface area (Å²) < 4.78 is 0. The zero-order valence-corrected chi connectivity index (χ0v) is 17.4. The molecular weight excluding hydrogens is 314 g/mol. The molecule has 0 amide bonds. The van der Waals surface area contributed by atoms with Gasteiger partial charge in [-0.3, -0.25) is 4.79 Å². The number of likely N-dealkylation sites (N-methyl/N-ethyl adjacent to an activating group) is 1. The first-order chi connectivity index (χ1) is 11.9. The highest BCUT2D eigenvalue weighted by Crippen LogP contribution is 2.12. The molecule has 0 saturated heterocycles. The maximum atomic E-state index is 10.3. The average molecular weight is 360 g/mol. The molecule has 4 heteroatoms. The Morgan fingerprint density at radius 1 is 0.800 bits per heavy atom. The first-order valence-electron chi connectivity index (χ1n) is 10.4. The van der Waals surface area contributed by atoms with Crippen molar-refractivity contribution in [2.24, 2.45) is 0 Å². The molecule has 4 nitrogen and oxygen atoms in total. The van der Waals surface area contributed by atoms with Crippen molar-refractivity contribution >= 4 is 5.97 Å². The Labute approximate surface area is 157 Å². The van der Waals surface area contributed by atoms with Crippen LogP contribution in [0.2, 0.25) is 0 Å². The molecule has 0 aliphatic carbocycles. The first kappa shape index (κ1) is 26.6. The third kappa shape index (κ3) is 31.6. The molecule has 1 unspecified atom stereocenters. The molecular formula is C21H45NO3. The molecule has 25 heavy (non-hydrogen) atoms. The zero-order valence-electron chi connectivity index (χ0n) is 17.4. The molecule has 0 spiro atoms. The predicted molar refractivity (Wildman–Crippen MR) is 108 cm³/mol. The lowest BCUT2D eigenvalue weighted by molar-refractivity contribution is -0.137. The molecule has 0 saturated carbocycles. The van der Waals surface area contributed by atoms with Crippen molar-refractivity contribution in [1.29, 1.82) is 0 Å². The Morgan fingerprint density at radius 2 is 1.16 bits per heavy atom. The molecule has 0 radical (unpaired) electrons. The summed E-state index contributed by atoms with van der Waals surface area (Å²) in [6, 6.07) is 0. The number of carbonyl (C=O) groups is 1. The number of hydrogen-bond acceptors (Lipinski definition) is 3. The fourth-order valence-corrected chi connectivity index (χ4v) is 2.82. The molecule has 0 fully saturated rings. The Balaban J connectivity index is 0. The van der Waals surface area contributed by atoms with Crippen LogP contribution >= 0.6 is 0 Å². The minimum atomic E-state index is -0.655. The van der Waals surface area contributed by atoms with Gasteiger partial charge >= 0.3 is 5.97 Å². The predicted octanol–water partition coefficient (Wildman–Crippen LogP) is 5.48. The van der Waals surface area contributed by atoms with Gasteiger partial charge in [0.15, 0.2) is 0 Å². The van der Waals surface area contributed by atoms with E-state index in [0.717, 1.165) is 19.4 Å². The van der Waals surface area contributed by atoms with Gasteiger partial charge in [0, 0.05) is 13.0 Å². The molecule has 0 aliphatic rings. The third-order valence-corrected chi connectivity index (χ3v) is 4.12. The summed E-state index contributed by atoms with van der Waals surface area (Å²) in [5.74, 6) is -0.655. The largest absolute Gasteiger partial charge is 0.481 e. The first-order valence-corrected chi connectivity index (χ1v) is 10.4. The van der Waals surface area contributed by atoms with Gasteiger partial charge in [-0.2, -0.15) is 0 Å². The minimum Gasteiger partial charge on any atom is -0.481 e. The van der Waals surface area contributed by atoms with Crippen molar-refractivity contribution < 1.29 is 15.0 Å². The summed E-state index contributed by atoms with van der Waals surface area (Å²) in [4.78, 5) is 12.2. The van der Waals surface area contributed by atoms with Crippen LogP contribution < -0.4 is 0 Å². The van der Waals surface area contributed by atoms with Crippen LogP contribution in [0.3, 0.4) is 0 Å². The Kier molecular flexibility index (Phi) is 22.8. The SMILES string of the molecule is CC(O)CN(C)C.CCCCCCCCCCCCCCCC(=O)O. The van der Waals surface area contributed by atoms with Crippen molar-refractivity contribution in [1.82, 2.24) is 4.90 Å². The fraction of sp³-hybridized carbons (Fsp3) is 0.952. The number of aliphatic hydroxyl groups is 1. The summed E-state index contributed by atoms with van der Waals surface area (Å²) in [5, 5.41) is 17.2. The molecule has 152 valence electrons. The van der Waals surface area contributed by atoms with Crippen molar-refractivity contribution in [3.05, 3.63) is 0 Å². The summed E-state index contributed by atoms with van der Waals surface area (Å²) in [6.07, 6.45) is 17.1. The summed E-state index contributed by atoms with van der Waals surface area (Å²) in [6.45, 7) is 4.79. The minimum absolute atomic E-state index is 0.199. The number of unbranched alkanes of at least 4 members (excludes halogenated alkanes) is 12. The van der Waals surface area contributed by atoms with Gasteiger partial charge in [-0.05, 0) is 27.4 Å². The van der Waals surface area contributed by atoms with Gasteiger partial charge in [-0.1, -0.05) is 84.0 Å². The fourth-order valence-electron chi connectivity index (χ4n) is 2.82. The second-order valence-electron chi connectivity index (χ2n) is 7.50. The van der Waals surface area contributed by atoms with Crippen LogP contribution in [0.4, 0.5) is 0 Å². The second kappa shape index (κ2) is 21.4. The summed E-state index contributed by atoms with van der Waals surface area (Å²) in [7, 11) is 3.87. The van der Waals surface area contributed by atoms with E-state index in [1.807, 2.05) is 19.0 Å². The van der Waals surface area contributed by atoms with Gasteiger partial charge in [-0.15, -0.1) is 0 Å². The van der Waals surface area contributed by atoms with Gasteiger partial charge in [0.2, 0.25) is 0 Å². The quantitative estimate of drug-likeness (QED) is 0.358. The smallest absolute Gasteiger partial charge is 0.303 e. The summed E-state index contributed by atoms with van der Waals surface area (Å²) >= 11 is 0. The van der Waals surface area contributed by atoms with Gasteiger partial charge in [0.05, 0.1) is 6.10 Å². The number of nitrogens with zero attached hydrogens (tertiary/aromatic N) is 1. The molecule has 0 aromatic carbocycles.